The Hall–Kier alpha value is -2.25. The second kappa shape index (κ2) is 18.8. The topological polar surface area (TPSA) is 174 Å². The number of allylic oxidation sites excluding steroid dienone is 4. The van der Waals surface area contributed by atoms with Crippen LogP contribution in [0.1, 0.15) is 115 Å². The van der Waals surface area contributed by atoms with Gasteiger partial charge in [-0.25, -0.2) is 4.79 Å². The molecule has 11 heteroatoms. The first-order valence-electron chi connectivity index (χ1n) is 21.3. The van der Waals surface area contributed by atoms with E-state index in [2.05, 4.69) is 38.1 Å². The summed E-state index contributed by atoms with van der Waals surface area (Å²) in [5.74, 6) is -6.49. The number of epoxide rings is 1. The second-order valence-corrected chi connectivity index (χ2v) is 18.3. The highest BCUT2D eigenvalue weighted by Crippen LogP contribution is 2.66. The smallest absolute Gasteiger partial charge is 0.356 e. The molecule has 0 radical (unpaired) electrons. The van der Waals surface area contributed by atoms with Gasteiger partial charge in [0, 0.05) is 42.6 Å². The molecule has 3 fully saturated rings. The first-order chi connectivity index (χ1) is 26.1. The number of hydrogen-bond donors (Lipinski definition) is 5. The van der Waals surface area contributed by atoms with Crippen molar-refractivity contribution in [3.05, 3.63) is 36.5 Å². The van der Waals surface area contributed by atoms with E-state index in [0.717, 1.165) is 25.7 Å². The van der Waals surface area contributed by atoms with Gasteiger partial charge in [0.15, 0.2) is 11.9 Å². The Balaban J connectivity index is 1.66. The van der Waals surface area contributed by atoms with Gasteiger partial charge in [0.2, 0.25) is 0 Å². The number of ether oxygens (including phenoxy) is 2. The molecule has 4 aliphatic heterocycles. The number of ketones is 2. The highest BCUT2D eigenvalue weighted by molar-refractivity contribution is 5.91. The molecule has 56 heavy (non-hydrogen) atoms. The molecule has 318 valence electrons. The lowest BCUT2D eigenvalue weighted by atomic mass is 9.75. The summed E-state index contributed by atoms with van der Waals surface area (Å²) in [5, 5.41) is 55.1. The van der Waals surface area contributed by atoms with Gasteiger partial charge < -0.3 is 34.6 Å². The highest BCUT2D eigenvalue weighted by atomic mass is 16.9. The van der Waals surface area contributed by atoms with Gasteiger partial charge in [0.25, 0.3) is 6.10 Å². The van der Waals surface area contributed by atoms with E-state index >= 15 is 0 Å². The van der Waals surface area contributed by atoms with E-state index in [4.69, 9.17) is 9.47 Å². The fraction of sp³-hybridized carbons (Fsp3) is 0.800. The Bertz CT molecular complexity index is 1450. The van der Waals surface area contributed by atoms with Crippen molar-refractivity contribution in [3.8, 4) is 0 Å². The SMILES string of the molecule is CC[C@H]1/C=C/C=C/C[C@@H](C)[C@H](O)[C@@](C)(O)C(=O)[C@@H](C)[C@H](O)[C@@H](C)C(=O)[C@@H](C)[C@H](O)[C@@H](C)/C=C/C(=O)O[C@@H]2[C@H](C)[C@H](CC1)[O+]1C3C[C@H](C)[C@H](C[C@@H](C)O)O[C@]31[C@H]2C. The zero-order valence-electron chi connectivity index (χ0n) is 35.7. The molecule has 5 N–H and O–H groups in total. The zero-order chi connectivity index (χ0) is 42.0. The van der Waals surface area contributed by atoms with Crippen LogP contribution >= 0.6 is 0 Å². The Kier molecular flexibility index (Phi) is 15.6. The van der Waals surface area contributed by atoms with Crippen LogP contribution in [-0.2, 0) is 28.2 Å². The van der Waals surface area contributed by atoms with Crippen molar-refractivity contribution < 1.29 is 53.8 Å². The standard InChI is InChI=1S/C45H73O11/c1-12-33-17-15-13-14-16-25(3)42(51)44(11,53)43(52)31(9)40(50)30(8)39(49)29(7)38(48)24(2)18-21-37(47)54-41-28(6)35(20-19-33)56-36-22-26(4)34(23-27(5)46)55-45(36,56)32(41)10/h13-15,17-18,21,24-36,38,40-42,46,48,50-51,53H,12,16,19-20,22-23H2,1-11H3/q+1/b14-13+,17-15+,21-18+/t24-,25+,26-,27+,28+,29-,30-,31-,32-,33-,34-,35-,36?,38+,40+,41+,42-,44+,45-/m0/s1. The molecule has 0 saturated carbocycles. The molecule has 19 atom stereocenters. The summed E-state index contributed by atoms with van der Waals surface area (Å²) in [6.45, 7) is 19.5. The fourth-order valence-electron chi connectivity index (χ4n) is 9.99. The third-order valence-electron chi connectivity index (χ3n) is 14.0. The monoisotopic (exact) mass is 790 g/mol. The van der Waals surface area contributed by atoms with Gasteiger partial charge in [0.1, 0.15) is 23.4 Å². The first-order valence-corrected chi connectivity index (χ1v) is 21.3. The quantitative estimate of drug-likeness (QED) is 0.141. The van der Waals surface area contributed by atoms with Crippen LogP contribution in [0.3, 0.4) is 0 Å². The van der Waals surface area contributed by atoms with Gasteiger partial charge in [-0.1, -0.05) is 85.8 Å². The van der Waals surface area contributed by atoms with Gasteiger partial charge in [-0.3, -0.25) is 14.3 Å². The van der Waals surface area contributed by atoms with Crippen molar-refractivity contribution in [2.45, 2.75) is 175 Å². The van der Waals surface area contributed by atoms with Crippen molar-refractivity contribution in [1.29, 1.82) is 0 Å². The molecule has 0 aromatic heterocycles. The average molecular weight is 790 g/mol. The molecule has 4 rings (SSSR count). The minimum absolute atomic E-state index is 0.0116. The van der Waals surface area contributed by atoms with E-state index in [1.54, 1.807) is 27.7 Å². The largest absolute Gasteiger partial charge is 0.458 e. The molecule has 1 spiro atoms. The van der Waals surface area contributed by atoms with Crippen LogP contribution in [0.25, 0.3) is 0 Å². The minimum Gasteiger partial charge on any atom is -0.458 e. The number of hydrogen-bond acceptors (Lipinski definition) is 10. The van der Waals surface area contributed by atoms with E-state index in [-0.39, 0.29) is 42.0 Å². The molecule has 1 unspecified atom stereocenters. The maximum Gasteiger partial charge on any atom is 0.356 e. The summed E-state index contributed by atoms with van der Waals surface area (Å²) in [6, 6.07) is 0. The van der Waals surface area contributed by atoms with E-state index in [1.165, 1.54) is 32.9 Å². The van der Waals surface area contributed by atoms with Crippen LogP contribution in [-0.4, -0.2) is 103 Å². The summed E-state index contributed by atoms with van der Waals surface area (Å²) in [7, 11) is 0. The number of rotatable bonds is 3. The molecular formula is C45H73O11+. The molecule has 0 amide bonds. The molecule has 0 aliphatic carbocycles. The van der Waals surface area contributed by atoms with Crippen LogP contribution in [0.2, 0.25) is 0 Å². The van der Waals surface area contributed by atoms with Crippen molar-refractivity contribution in [3.63, 3.8) is 0 Å². The van der Waals surface area contributed by atoms with E-state index < -0.39 is 89.0 Å². The molecule has 11 nitrogen and oxygen atoms in total. The lowest BCUT2D eigenvalue weighted by Crippen LogP contribution is -2.54. The summed E-state index contributed by atoms with van der Waals surface area (Å²) in [6.07, 6.45) is 10.2. The van der Waals surface area contributed by atoms with Crippen LogP contribution in [0, 0.1) is 53.3 Å². The average Bonchev–Trinajstić information content (AvgIpc) is 3.81. The third-order valence-corrected chi connectivity index (χ3v) is 14.0. The number of fused-ring (bicyclic) bond motifs is 4. The van der Waals surface area contributed by atoms with Crippen molar-refractivity contribution in [2.75, 3.05) is 0 Å². The minimum atomic E-state index is -2.18. The van der Waals surface area contributed by atoms with Gasteiger partial charge in [-0.15, -0.1) is 0 Å². The fourth-order valence-corrected chi connectivity index (χ4v) is 9.99. The lowest BCUT2D eigenvalue weighted by molar-refractivity contribution is -0.286. The van der Waals surface area contributed by atoms with Crippen LogP contribution in [0.5, 0.6) is 0 Å². The normalized spacial score (nSPS) is 48.8. The van der Waals surface area contributed by atoms with Gasteiger partial charge in [-0.2, -0.15) is 0 Å². The Morgan fingerprint density at radius 1 is 0.893 bits per heavy atom. The number of Topliss-reactive ketones (excluding diaryl/α,β-unsaturated/α-hetero) is 2. The molecule has 0 aromatic carbocycles. The Morgan fingerprint density at radius 3 is 2.16 bits per heavy atom. The maximum atomic E-state index is 13.6. The summed E-state index contributed by atoms with van der Waals surface area (Å²) in [5.41, 5.74) is -2.18. The van der Waals surface area contributed by atoms with Gasteiger partial charge >= 0.3 is 11.8 Å². The van der Waals surface area contributed by atoms with Crippen LogP contribution in [0.4, 0.5) is 0 Å². The molecule has 4 aliphatic rings. The van der Waals surface area contributed by atoms with Crippen molar-refractivity contribution in [1.82, 2.24) is 0 Å². The van der Waals surface area contributed by atoms with E-state index in [9.17, 15) is 39.9 Å². The van der Waals surface area contributed by atoms with E-state index in [0.29, 0.717) is 12.8 Å². The maximum absolute atomic E-state index is 13.6. The molecule has 2 bridgehead atoms. The zero-order valence-corrected chi connectivity index (χ0v) is 35.7. The second-order valence-electron chi connectivity index (χ2n) is 18.3. The van der Waals surface area contributed by atoms with Gasteiger partial charge in [-0.05, 0) is 64.2 Å². The number of carbonyl (C=O) groups is 3. The molecule has 4 heterocycles. The Morgan fingerprint density at radius 2 is 1.54 bits per heavy atom. The predicted molar refractivity (Wildman–Crippen MR) is 214 cm³/mol. The number of carbonyl (C=O) groups excluding carboxylic acids is 3. The third kappa shape index (κ3) is 9.45. The number of esters is 1. The lowest BCUT2D eigenvalue weighted by Gasteiger charge is -2.41. The van der Waals surface area contributed by atoms with Crippen LogP contribution < -0.4 is 0 Å². The van der Waals surface area contributed by atoms with Gasteiger partial charge in [0.05, 0.1) is 36.4 Å². The molecule has 3 saturated heterocycles. The van der Waals surface area contributed by atoms with Crippen molar-refractivity contribution >= 4 is 17.5 Å². The van der Waals surface area contributed by atoms with E-state index in [1.807, 2.05) is 18.2 Å². The summed E-state index contributed by atoms with van der Waals surface area (Å²) in [4.78, 5) is 40.6. The summed E-state index contributed by atoms with van der Waals surface area (Å²) >= 11 is 0. The first kappa shape index (κ1) is 46.4. The highest BCUT2D eigenvalue weighted by Gasteiger charge is 2.86. The molecule has 0 aromatic rings. The molecular weight excluding hydrogens is 716 g/mol. The number of aliphatic hydroxyl groups is 5. The van der Waals surface area contributed by atoms with Crippen LogP contribution in [0.15, 0.2) is 36.5 Å². The predicted octanol–water partition coefficient (Wildman–Crippen LogP) is 5.41. The van der Waals surface area contributed by atoms with Crippen molar-refractivity contribution in [2.24, 2.45) is 53.3 Å². The summed E-state index contributed by atoms with van der Waals surface area (Å²) < 4.78 is 16.9. The number of aliphatic hydroxyl groups excluding tert-OH is 4. The Labute approximate surface area is 335 Å².